The summed E-state index contributed by atoms with van der Waals surface area (Å²) in [6, 6.07) is 4.85. The fraction of sp³-hybridized carbons (Fsp3) is 0.267. The van der Waals surface area contributed by atoms with Gasteiger partial charge < -0.3 is 14.6 Å². The molecule has 6 heteroatoms. The molecule has 0 atom stereocenters. The third-order valence-electron chi connectivity index (χ3n) is 3.11. The van der Waals surface area contributed by atoms with Crippen molar-refractivity contribution in [2.24, 2.45) is 0 Å². The van der Waals surface area contributed by atoms with Crippen molar-refractivity contribution in [3.63, 3.8) is 0 Å². The Bertz CT molecular complexity index is 704. The van der Waals surface area contributed by atoms with Gasteiger partial charge in [-0.3, -0.25) is 9.59 Å². The molecule has 1 N–H and O–H groups in total. The molecule has 1 aromatic heterocycles. The molecule has 0 unspecified atom stereocenters. The van der Waals surface area contributed by atoms with Crippen LogP contribution >= 0.6 is 0 Å². The summed E-state index contributed by atoms with van der Waals surface area (Å²) >= 11 is 0. The molecule has 0 aliphatic carbocycles. The summed E-state index contributed by atoms with van der Waals surface area (Å²) in [5.74, 6) is 0.541. The van der Waals surface area contributed by atoms with Gasteiger partial charge in [-0.15, -0.1) is 0 Å². The zero-order valence-electron chi connectivity index (χ0n) is 12.3. The predicted octanol–water partition coefficient (Wildman–Crippen LogP) is 2.75. The third-order valence-corrected chi connectivity index (χ3v) is 3.11. The minimum atomic E-state index is -0.439. The first kappa shape index (κ1) is 14.8. The summed E-state index contributed by atoms with van der Waals surface area (Å²) in [6.07, 6.45) is 0. The van der Waals surface area contributed by atoms with E-state index in [1.807, 2.05) is 0 Å². The molecule has 0 aliphatic rings. The van der Waals surface area contributed by atoms with Crippen molar-refractivity contribution < 1.29 is 18.8 Å². The molecule has 0 aliphatic heterocycles. The fourth-order valence-electron chi connectivity index (χ4n) is 2.02. The van der Waals surface area contributed by atoms with Gasteiger partial charge in [-0.1, -0.05) is 5.16 Å². The number of carbonyl (C=O) groups is 2. The van der Waals surface area contributed by atoms with E-state index in [0.717, 1.165) is 0 Å². The highest BCUT2D eigenvalue weighted by Crippen LogP contribution is 2.30. The van der Waals surface area contributed by atoms with Gasteiger partial charge in [0.25, 0.3) is 5.91 Å². The number of ketones is 1. The number of ether oxygens (including phenoxy) is 1. The Labute approximate surface area is 122 Å². The number of aryl methyl sites for hydroxylation is 1. The SMILES string of the molecule is COc1ccc(C(C)=O)c(NC(=O)c2cc(C)on2)c1C. The first-order valence-electron chi connectivity index (χ1n) is 6.37. The van der Waals surface area contributed by atoms with Crippen LogP contribution in [0.2, 0.25) is 0 Å². The molecule has 1 aromatic carbocycles. The molecule has 2 rings (SSSR count). The molecule has 21 heavy (non-hydrogen) atoms. The first-order valence-corrected chi connectivity index (χ1v) is 6.37. The Morgan fingerprint density at radius 1 is 1.29 bits per heavy atom. The number of carbonyl (C=O) groups excluding carboxylic acids is 2. The number of benzene rings is 1. The zero-order valence-corrected chi connectivity index (χ0v) is 12.3. The maximum atomic E-state index is 12.2. The molecule has 0 fully saturated rings. The smallest absolute Gasteiger partial charge is 0.277 e. The largest absolute Gasteiger partial charge is 0.496 e. The van der Waals surface area contributed by atoms with Crippen molar-refractivity contribution >= 4 is 17.4 Å². The number of nitrogens with one attached hydrogen (secondary N) is 1. The van der Waals surface area contributed by atoms with Crippen LogP contribution in [0.5, 0.6) is 5.75 Å². The minimum absolute atomic E-state index is 0.146. The minimum Gasteiger partial charge on any atom is -0.496 e. The van der Waals surface area contributed by atoms with Crippen LogP contribution in [0.1, 0.15) is 39.1 Å². The second kappa shape index (κ2) is 5.78. The molecule has 110 valence electrons. The molecule has 2 aromatic rings. The maximum absolute atomic E-state index is 12.2. The van der Waals surface area contributed by atoms with Gasteiger partial charge in [0.1, 0.15) is 11.5 Å². The van der Waals surface area contributed by atoms with Crippen LogP contribution in [-0.4, -0.2) is 24.0 Å². The Kier molecular flexibility index (Phi) is 4.07. The number of anilines is 1. The van der Waals surface area contributed by atoms with Crippen molar-refractivity contribution in [3.8, 4) is 5.75 Å². The lowest BCUT2D eigenvalue weighted by Gasteiger charge is -2.14. The topological polar surface area (TPSA) is 81.4 Å². The summed E-state index contributed by atoms with van der Waals surface area (Å²) in [6.45, 7) is 4.91. The fourth-order valence-corrected chi connectivity index (χ4v) is 2.02. The van der Waals surface area contributed by atoms with Crippen LogP contribution in [0.25, 0.3) is 0 Å². The number of nitrogens with zero attached hydrogens (tertiary/aromatic N) is 1. The van der Waals surface area contributed by atoms with E-state index in [-0.39, 0.29) is 11.5 Å². The molecule has 1 heterocycles. The van der Waals surface area contributed by atoms with Gasteiger partial charge in [0.05, 0.1) is 12.8 Å². The predicted molar refractivity (Wildman–Crippen MR) is 76.9 cm³/mol. The van der Waals surface area contributed by atoms with Gasteiger partial charge in [-0.2, -0.15) is 0 Å². The highest BCUT2D eigenvalue weighted by Gasteiger charge is 2.18. The molecule has 0 radical (unpaired) electrons. The van der Waals surface area contributed by atoms with Crippen LogP contribution in [0.15, 0.2) is 22.7 Å². The van der Waals surface area contributed by atoms with E-state index in [1.54, 1.807) is 26.0 Å². The van der Waals surface area contributed by atoms with E-state index >= 15 is 0 Å². The molecule has 0 bridgehead atoms. The highest BCUT2D eigenvalue weighted by atomic mass is 16.5. The molecule has 1 amide bonds. The van der Waals surface area contributed by atoms with Gasteiger partial charge >= 0.3 is 0 Å². The standard InChI is InChI=1S/C15H16N2O4/c1-8-7-12(17-21-8)15(19)16-14-9(2)13(20-4)6-5-11(14)10(3)18/h5-7H,1-4H3,(H,16,19). The van der Waals surface area contributed by atoms with E-state index in [1.165, 1.54) is 20.1 Å². The van der Waals surface area contributed by atoms with Gasteiger partial charge in [0.2, 0.25) is 0 Å². The Morgan fingerprint density at radius 3 is 2.52 bits per heavy atom. The van der Waals surface area contributed by atoms with Crippen LogP contribution in [0, 0.1) is 13.8 Å². The molecular formula is C15H16N2O4. The van der Waals surface area contributed by atoms with E-state index in [4.69, 9.17) is 9.26 Å². The van der Waals surface area contributed by atoms with Crippen molar-refractivity contribution in [1.29, 1.82) is 0 Å². The third kappa shape index (κ3) is 2.94. The summed E-state index contributed by atoms with van der Waals surface area (Å²) in [5.41, 5.74) is 1.68. The lowest BCUT2D eigenvalue weighted by molar-refractivity contribution is 0.101. The van der Waals surface area contributed by atoms with E-state index in [0.29, 0.717) is 28.3 Å². The van der Waals surface area contributed by atoms with Crippen molar-refractivity contribution in [2.75, 3.05) is 12.4 Å². The second-order valence-electron chi connectivity index (χ2n) is 4.65. The van der Waals surface area contributed by atoms with E-state index in [9.17, 15) is 9.59 Å². The monoisotopic (exact) mass is 288 g/mol. The van der Waals surface area contributed by atoms with Crippen LogP contribution < -0.4 is 10.1 Å². The number of methoxy groups -OCH3 is 1. The van der Waals surface area contributed by atoms with Crippen LogP contribution in [0.4, 0.5) is 5.69 Å². The van der Waals surface area contributed by atoms with Crippen LogP contribution in [-0.2, 0) is 0 Å². The normalized spacial score (nSPS) is 10.3. The number of aromatic nitrogens is 1. The number of rotatable bonds is 4. The molecule has 0 saturated heterocycles. The van der Waals surface area contributed by atoms with E-state index < -0.39 is 5.91 Å². The Hall–Kier alpha value is -2.63. The molecule has 0 saturated carbocycles. The second-order valence-corrected chi connectivity index (χ2v) is 4.65. The number of hydrogen-bond donors (Lipinski definition) is 1. The average molecular weight is 288 g/mol. The molecular weight excluding hydrogens is 272 g/mol. The van der Waals surface area contributed by atoms with Crippen molar-refractivity contribution in [1.82, 2.24) is 5.16 Å². The average Bonchev–Trinajstić information content (AvgIpc) is 2.87. The van der Waals surface area contributed by atoms with Gasteiger partial charge in [-0.25, -0.2) is 0 Å². The summed E-state index contributed by atoms with van der Waals surface area (Å²) in [5, 5.41) is 6.36. The molecule has 6 nitrogen and oxygen atoms in total. The van der Waals surface area contributed by atoms with Gasteiger partial charge in [0.15, 0.2) is 11.5 Å². The zero-order chi connectivity index (χ0) is 15.6. The summed E-state index contributed by atoms with van der Waals surface area (Å²) in [7, 11) is 1.53. The maximum Gasteiger partial charge on any atom is 0.277 e. The first-order chi connectivity index (χ1) is 9.93. The molecule has 0 spiro atoms. The van der Waals surface area contributed by atoms with E-state index in [2.05, 4.69) is 10.5 Å². The quantitative estimate of drug-likeness (QED) is 0.875. The number of hydrogen-bond acceptors (Lipinski definition) is 5. The lowest BCUT2D eigenvalue weighted by atomic mass is 10.0. The van der Waals surface area contributed by atoms with Gasteiger partial charge in [-0.05, 0) is 32.9 Å². The summed E-state index contributed by atoms with van der Waals surface area (Å²) in [4.78, 5) is 23.9. The Morgan fingerprint density at radius 2 is 2.00 bits per heavy atom. The van der Waals surface area contributed by atoms with Crippen molar-refractivity contribution in [3.05, 3.63) is 40.8 Å². The Balaban J connectivity index is 2.42. The van der Waals surface area contributed by atoms with Crippen LogP contribution in [0.3, 0.4) is 0 Å². The van der Waals surface area contributed by atoms with Gasteiger partial charge in [0, 0.05) is 17.2 Å². The summed E-state index contributed by atoms with van der Waals surface area (Å²) < 4.78 is 10.1. The number of Topliss-reactive ketones (excluding diaryl/α,β-unsaturated/α-hetero) is 1. The highest BCUT2D eigenvalue weighted by molar-refractivity contribution is 6.09. The number of amides is 1. The van der Waals surface area contributed by atoms with Crippen molar-refractivity contribution in [2.45, 2.75) is 20.8 Å². The lowest BCUT2D eigenvalue weighted by Crippen LogP contribution is -2.16.